The van der Waals surface area contributed by atoms with E-state index >= 15 is 0 Å². The SMILES string of the molecule is COC(=O)CCN(C)S(=O)(=O)Nc1ccccc1CO. The molecule has 1 aromatic carbocycles. The molecule has 1 rings (SSSR count). The van der Waals surface area contributed by atoms with Crippen molar-refractivity contribution in [2.75, 3.05) is 25.4 Å². The summed E-state index contributed by atoms with van der Waals surface area (Å²) in [6, 6.07) is 6.53. The zero-order chi connectivity index (χ0) is 15.2. The van der Waals surface area contributed by atoms with Gasteiger partial charge in [-0.3, -0.25) is 9.52 Å². The first-order valence-corrected chi connectivity index (χ1v) is 7.34. The third-order valence-corrected chi connectivity index (χ3v) is 4.18. The van der Waals surface area contributed by atoms with E-state index in [-0.39, 0.29) is 19.6 Å². The molecule has 0 heterocycles. The molecule has 0 spiro atoms. The highest BCUT2D eigenvalue weighted by Crippen LogP contribution is 2.17. The summed E-state index contributed by atoms with van der Waals surface area (Å²) in [6.07, 6.45) is -0.0322. The largest absolute Gasteiger partial charge is 0.469 e. The summed E-state index contributed by atoms with van der Waals surface area (Å²) in [5.41, 5.74) is 0.775. The number of ether oxygens (including phenoxy) is 1. The van der Waals surface area contributed by atoms with Crippen LogP contribution in [0.25, 0.3) is 0 Å². The first-order valence-electron chi connectivity index (χ1n) is 5.90. The minimum absolute atomic E-state index is 0.00327. The Morgan fingerprint density at radius 2 is 2.05 bits per heavy atom. The molecule has 20 heavy (non-hydrogen) atoms. The fraction of sp³-hybridized carbons (Fsp3) is 0.417. The summed E-state index contributed by atoms with van der Waals surface area (Å²) >= 11 is 0. The quantitative estimate of drug-likeness (QED) is 0.708. The smallest absolute Gasteiger partial charge is 0.306 e. The summed E-state index contributed by atoms with van der Waals surface area (Å²) in [5.74, 6) is -0.484. The van der Waals surface area contributed by atoms with Crippen molar-refractivity contribution in [3.8, 4) is 0 Å². The van der Waals surface area contributed by atoms with Crippen molar-refractivity contribution in [3.63, 3.8) is 0 Å². The number of methoxy groups -OCH3 is 1. The number of anilines is 1. The Morgan fingerprint density at radius 1 is 1.40 bits per heavy atom. The van der Waals surface area contributed by atoms with E-state index in [1.165, 1.54) is 14.2 Å². The third-order valence-electron chi connectivity index (χ3n) is 2.70. The van der Waals surface area contributed by atoms with Gasteiger partial charge in [-0.2, -0.15) is 12.7 Å². The van der Waals surface area contributed by atoms with Gasteiger partial charge in [0.25, 0.3) is 0 Å². The minimum atomic E-state index is -3.79. The van der Waals surface area contributed by atoms with Crippen molar-refractivity contribution < 1.29 is 23.1 Å². The van der Waals surface area contributed by atoms with Crippen molar-refractivity contribution in [3.05, 3.63) is 29.8 Å². The molecule has 0 amide bonds. The molecule has 0 bridgehead atoms. The van der Waals surface area contributed by atoms with Crippen LogP contribution in [0.1, 0.15) is 12.0 Å². The normalized spacial score (nSPS) is 11.4. The predicted octanol–water partition coefficient (Wildman–Crippen LogP) is 0.330. The van der Waals surface area contributed by atoms with Crippen LogP contribution in [0.5, 0.6) is 0 Å². The summed E-state index contributed by atoms with van der Waals surface area (Å²) < 4.78 is 31.9. The second-order valence-electron chi connectivity index (χ2n) is 4.07. The first kappa shape index (κ1) is 16.4. The zero-order valence-corrected chi connectivity index (χ0v) is 12.2. The zero-order valence-electron chi connectivity index (χ0n) is 11.4. The van der Waals surface area contributed by atoms with Crippen LogP contribution >= 0.6 is 0 Å². The number of esters is 1. The number of para-hydroxylation sites is 1. The average Bonchev–Trinajstić information content (AvgIpc) is 2.44. The maximum atomic E-state index is 12.1. The van der Waals surface area contributed by atoms with Gasteiger partial charge < -0.3 is 9.84 Å². The number of carbonyl (C=O) groups excluding carboxylic acids is 1. The molecule has 0 saturated carbocycles. The molecular formula is C12H18N2O5S. The second-order valence-corrected chi connectivity index (χ2v) is 5.85. The number of hydrogen-bond donors (Lipinski definition) is 2. The monoisotopic (exact) mass is 302 g/mol. The number of carbonyl (C=O) groups is 1. The average molecular weight is 302 g/mol. The van der Waals surface area contributed by atoms with Crippen LogP contribution in [0.15, 0.2) is 24.3 Å². The Bertz CT molecular complexity index is 559. The molecule has 0 aliphatic heterocycles. The van der Waals surface area contributed by atoms with Crippen molar-refractivity contribution in [2.45, 2.75) is 13.0 Å². The Balaban J connectivity index is 2.76. The van der Waals surface area contributed by atoms with E-state index < -0.39 is 16.2 Å². The first-order chi connectivity index (χ1) is 9.40. The van der Waals surface area contributed by atoms with Gasteiger partial charge in [0.05, 0.1) is 25.8 Å². The van der Waals surface area contributed by atoms with Crippen LogP contribution in [-0.2, 0) is 26.3 Å². The fourth-order valence-electron chi connectivity index (χ4n) is 1.45. The fourth-order valence-corrected chi connectivity index (χ4v) is 2.41. The molecule has 0 saturated heterocycles. The Kier molecular flexibility index (Phi) is 5.93. The Labute approximate surface area is 118 Å². The minimum Gasteiger partial charge on any atom is -0.469 e. The molecule has 0 fully saturated rings. The van der Waals surface area contributed by atoms with Crippen LogP contribution in [-0.4, -0.2) is 44.5 Å². The van der Waals surface area contributed by atoms with Crippen LogP contribution in [0.4, 0.5) is 5.69 Å². The highest BCUT2D eigenvalue weighted by Gasteiger charge is 2.19. The molecule has 8 heteroatoms. The van der Waals surface area contributed by atoms with Crippen molar-refractivity contribution in [2.24, 2.45) is 0 Å². The number of aliphatic hydroxyl groups excluding tert-OH is 1. The lowest BCUT2D eigenvalue weighted by Crippen LogP contribution is -2.34. The van der Waals surface area contributed by atoms with Gasteiger partial charge in [0.1, 0.15) is 0 Å². The number of hydrogen-bond acceptors (Lipinski definition) is 5. The topological polar surface area (TPSA) is 95.9 Å². The standard InChI is InChI=1S/C12H18N2O5S/c1-14(8-7-12(16)19-2)20(17,18)13-11-6-4-3-5-10(11)9-15/h3-6,13,15H,7-9H2,1-2H3. The summed E-state index contributed by atoms with van der Waals surface area (Å²) in [6.45, 7) is -0.270. The number of nitrogens with one attached hydrogen (secondary N) is 1. The highest BCUT2D eigenvalue weighted by atomic mass is 32.2. The number of rotatable bonds is 7. The van der Waals surface area contributed by atoms with Gasteiger partial charge in [-0.25, -0.2) is 0 Å². The van der Waals surface area contributed by atoms with Crippen molar-refractivity contribution in [1.82, 2.24) is 4.31 Å². The molecule has 0 atom stereocenters. The van der Waals surface area contributed by atoms with Crippen LogP contribution in [0, 0.1) is 0 Å². The lowest BCUT2D eigenvalue weighted by molar-refractivity contribution is -0.140. The van der Waals surface area contributed by atoms with Crippen LogP contribution in [0.2, 0.25) is 0 Å². The van der Waals surface area contributed by atoms with Crippen LogP contribution < -0.4 is 4.72 Å². The molecule has 112 valence electrons. The van der Waals surface area contributed by atoms with E-state index in [1.807, 2.05) is 0 Å². The molecule has 0 aliphatic carbocycles. The van der Waals surface area contributed by atoms with Gasteiger partial charge in [-0.05, 0) is 6.07 Å². The molecule has 0 aliphatic rings. The number of benzene rings is 1. The van der Waals surface area contributed by atoms with Crippen molar-refractivity contribution >= 4 is 21.9 Å². The Morgan fingerprint density at radius 3 is 2.65 bits per heavy atom. The Hall–Kier alpha value is -1.64. The van der Waals surface area contributed by atoms with Gasteiger partial charge in [0.15, 0.2) is 0 Å². The van der Waals surface area contributed by atoms with Crippen molar-refractivity contribution in [1.29, 1.82) is 0 Å². The maximum absolute atomic E-state index is 12.1. The number of aliphatic hydroxyl groups is 1. The molecule has 0 radical (unpaired) electrons. The third kappa shape index (κ3) is 4.48. The van der Waals surface area contributed by atoms with Gasteiger partial charge in [0.2, 0.25) is 0 Å². The van der Waals surface area contributed by atoms with E-state index in [0.29, 0.717) is 11.3 Å². The summed E-state index contributed by atoms with van der Waals surface area (Å²) in [4.78, 5) is 11.0. The molecule has 0 unspecified atom stereocenters. The molecule has 1 aromatic rings. The molecule has 0 aromatic heterocycles. The van der Waals surface area contributed by atoms with Gasteiger partial charge in [-0.15, -0.1) is 0 Å². The molecule has 7 nitrogen and oxygen atoms in total. The predicted molar refractivity (Wildman–Crippen MR) is 74.2 cm³/mol. The van der Waals surface area contributed by atoms with E-state index in [1.54, 1.807) is 24.3 Å². The highest BCUT2D eigenvalue weighted by molar-refractivity contribution is 7.90. The van der Waals surface area contributed by atoms with Crippen LogP contribution in [0.3, 0.4) is 0 Å². The van der Waals surface area contributed by atoms with E-state index in [9.17, 15) is 13.2 Å². The van der Waals surface area contributed by atoms with E-state index in [4.69, 9.17) is 5.11 Å². The molecule has 2 N–H and O–H groups in total. The maximum Gasteiger partial charge on any atom is 0.306 e. The van der Waals surface area contributed by atoms with Gasteiger partial charge in [-0.1, -0.05) is 18.2 Å². The lowest BCUT2D eigenvalue weighted by Gasteiger charge is -2.19. The second kappa shape index (κ2) is 7.22. The van der Waals surface area contributed by atoms with Gasteiger partial charge in [0, 0.05) is 19.2 Å². The number of nitrogens with zero attached hydrogens (tertiary/aromatic N) is 1. The van der Waals surface area contributed by atoms with E-state index in [0.717, 1.165) is 4.31 Å². The van der Waals surface area contributed by atoms with Gasteiger partial charge >= 0.3 is 16.2 Å². The summed E-state index contributed by atoms with van der Waals surface area (Å²) in [5, 5.41) is 9.15. The molecular weight excluding hydrogens is 284 g/mol. The summed E-state index contributed by atoms with van der Waals surface area (Å²) in [7, 11) is -1.19. The lowest BCUT2D eigenvalue weighted by atomic mass is 10.2. The van der Waals surface area contributed by atoms with E-state index in [2.05, 4.69) is 9.46 Å².